The predicted molar refractivity (Wildman–Crippen MR) is 116 cm³/mol. The number of thiazole rings is 1. The molecule has 0 spiro atoms. The van der Waals surface area contributed by atoms with E-state index in [0.717, 1.165) is 17.0 Å². The number of nitrogens with one attached hydrogen (secondary N) is 2. The predicted octanol–water partition coefficient (Wildman–Crippen LogP) is 5.09. The topological polar surface area (TPSA) is 71.1 Å². The quantitative estimate of drug-likeness (QED) is 0.577. The van der Waals surface area contributed by atoms with E-state index in [9.17, 15) is 14.0 Å². The molecule has 1 aromatic heterocycles. The fraction of sp³-hybridized carbons (Fsp3) is 0.227. The molecule has 3 aromatic rings. The number of halogens is 2. The summed E-state index contributed by atoms with van der Waals surface area (Å²) in [5, 5.41) is 7.03. The molecule has 1 aliphatic carbocycles. The Kier molecular flexibility index (Phi) is 5.58. The smallest absolute Gasteiger partial charge is 0.267 e. The Morgan fingerprint density at radius 3 is 2.67 bits per heavy atom. The molecule has 5 nitrogen and oxygen atoms in total. The van der Waals surface area contributed by atoms with Crippen molar-refractivity contribution in [3.8, 4) is 0 Å². The van der Waals surface area contributed by atoms with E-state index in [1.165, 1.54) is 29.7 Å². The summed E-state index contributed by atoms with van der Waals surface area (Å²) in [4.78, 5) is 29.6. The van der Waals surface area contributed by atoms with Crippen molar-refractivity contribution in [2.24, 2.45) is 0 Å². The normalized spacial score (nSPS) is 17.5. The lowest BCUT2D eigenvalue weighted by atomic mass is 10.1. The van der Waals surface area contributed by atoms with E-state index in [1.807, 2.05) is 24.3 Å². The Hall–Kier alpha value is -2.77. The highest BCUT2D eigenvalue weighted by Gasteiger charge is 2.41. The lowest BCUT2D eigenvalue weighted by Gasteiger charge is -2.12. The SMILES string of the molecule is Cc1ncc(C(=O)Nc2cc(C(=O)N[C@@H]3CC3c3ccccc3Cl)c(F)cc2C)s1. The van der Waals surface area contributed by atoms with Gasteiger partial charge in [0.25, 0.3) is 11.8 Å². The summed E-state index contributed by atoms with van der Waals surface area (Å²) in [6.07, 6.45) is 2.24. The molecule has 0 saturated heterocycles. The van der Waals surface area contributed by atoms with Crippen LogP contribution in [0.3, 0.4) is 0 Å². The van der Waals surface area contributed by atoms with Gasteiger partial charge in [0.2, 0.25) is 0 Å². The van der Waals surface area contributed by atoms with Gasteiger partial charge in [-0.15, -0.1) is 11.3 Å². The van der Waals surface area contributed by atoms with Crippen LogP contribution in [0.25, 0.3) is 0 Å². The molecular formula is C22H19ClFN3O2S. The van der Waals surface area contributed by atoms with Gasteiger partial charge in [-0.05, 0) is 49.6 Å². The fourth-order valence-corrected chi connectivity index (χ4v) is 4.30. The van der Waals surface area contributed by atoms with Crippen LogP contribution in [-0.4, -0.2) is 22.8 Å². The van der Waals surface area contributed by atoms with Crippen LogP contribution in [-0.2, 0) is 0 Å². The highest BCUT2D eigenvalue weighted by Crippen LogP contribution is 2.43. The summed E-state index contributed by atoms with van der Waals surface area (Å²) >= 11 is 7.49. The van der Waals surface area contributed by atoms with Crippen molar-refractivity contribution in [2.75, 3.05) is 5.32 Å². The van der Waals surface area contributed by atoms with Gasteiger partial charge in [0.1, 0.15) is 10.7 Å². The molecule has 2 atom stereocenters. The maximum absolute atomic E-state index is 14.5. The van der Waals surface area contributed by atoms with Crippen molar-refractivity contribution in [3.63, 3.8) is 0 Å². The summed E-state index contributed by atoms with van der Waals surface area (Å²) in [6, 6.07) is 10.0. The lowest BCUT2D eigenvalue weighted by molar-refractivity contribution is 0.0945. The number of carbonyl (C=O) groups excluding carboxylic acids is 2. The van der Waals surface area contributed by atoms with Gasteiger partial charge >= 0.3 is 0 Å². The third kappa shape index (κ3) is 4.22. The second-order valence-corrected chi connectivity index (χ2v) is 8.93. The van der Waals surface area contributed by atoms with E-state index in [4.69, 9.17) is 11.6 Å². The van der Waals surface area contributed by atoms with Crippen LogP contribution in [0.1, 0.15) is 48.5 Å². The molecule has 30 heavy (non-hydrogen) atoms. The van der Waals surface area contributed by atoms with Crippen LogP contribution in [0.4, 0.5) is 10.1 Å². The van der Waals surface area contributed by atoms with Crippen molar-refractivity contribution >= 4 is 40.4 Å². The number of anilines is 1. The molecule has 2 aromatic carbocycles. The number of aryl methyl sites for hydroxylation is 2. The van der Waals surface area contributed by atoms with Crippen LogP contribution < -0.4 is 10.6 Å². The summed E-state index contributed by atoms with van der Waals surface area (Å²) in [5.41, 5.74) is 1.78. The molecule has 1 fully saturated rings. The minimum absolute atomic E-state index is 0.101. The highest BCUT2D eigenvalue weighted by atomic mass is 35.5. The van der Waals surface area contributed by atoms with Crippen LogP contribution in [0.15, 0.2) is 42.6 Å². The number of benzene rings is 2. The number of rotatable bonds is 5. The molecular weight excluding hydrogens is 425 g/mol. The van der Waals surface area contributed by atoms with Crippen LogP contribution in [0.5, 0.6) is 0 Å². The van der Waals surface area contributed by atoms with Crippen LogP contribution in [0, 0.1) is 19.7 Å². The maximum atomic E-state index is 14.5. The molecule has 8 heteroatoms. The molecule has 0 aliphatic heterocycles. The average molecular weight is 444 g/mol. The van der Waals surface area contributed by atoms with Gasteiger partial charge in [-0.3, -0.25) is 9.59 Å². The van der Waals surface area contributed by atoms with Crippen molar-refractivity contribution in [1.29, 1.82) is 0 Å². The summed E-state index contributed by atoms with van der Waals surface area (Å²) in [7, 11) is 0. The molecule has 0 radical (unpaired) electrons. The highest BCUT2D eigenvalue weighted by molar-refractivity contribution is 7.13. The average Bonchev–Trinajstić information content (AvgIpc) is 3.31. The fourth-order valence-electron chi connectivity index (χ4n) is 3.35. The zero-order valence-corrected chi connectivity index (χ0v) is 17.9. The molecule has 2 amide bonds. The second-order valence-electron chi connectivity index (χ2n) is 7.29. The van der Waals surface area contributed by atoms with Gasteiger partial charge in [-0.25, -0.2) is 9.37 Å². The Morgan fingerprint density at radius 1 is 1.20 bits per heavy atom. The Bertz CT molecular complexity index is 1150. The van der Waals surface area contributed by atoms with E-state index in [1.54, 1.807) is 13.8 Å². The van der Waals surface area contributed by atoms with Crippen molar-refractivity contribution in [2.45, 2.75) is 32.2 Å². The summed E-state index contributed by atoms with van der Waals surface area (Å²) < 4.78 is 14.5. The van der Waals surface area contributed by atoms with Crippen molar-refractivity contribution in [3.05, 3.63) is 80.0 Å². The molecule has 154 valence electrons. The van der Waals surface area contributed by atoms with Gasteiger partial charge in [0, 0.05) is 22.7 Å². The number of aromatic nitrogens is 1. The number of carbonyl (C=O) groups is 2. The first kappa shape index (κ1) is 20.5. The minimum Gasteiger partial charge on any atom is -0.349 e. The molecule has 1 unspecified atom stereocenters. The second kappa shape index (κ2) is 8.16. The van der Waals surface area contributed by atoms with E-state index >= 15 is 0 Å². The van der Waals surface area contributed by atoms with E-state index in [0.29, 0.717) is 21.2 Å². The van der Waals surface area contributed by atoms with E-state index < -0.39 is 11.7 Å². The third-order valence-electron chi connectivity index (χ3n) is 5.06. The lowest BCUT2D eigenvalue weighted by Crippen LogP contribution is -2.27. The molecule has 0 bridgehead atoms. The standard InChI is InChI=1S/C22H19ClFN3O2S/c1-11-7-17(24)15(9-18(11)26-22(29)20-10-25-12(2)30-20)21(28)27-19-8-14(19)13-5-3-4-6-16(13)23/h3-7,9-10,14,19H,8H2,1-2H3,(H,26,29)(H,27,28)/t14?,19-/m1/s1. The van der Waals surface area contributed by atoms with Gasteiger partial charge in [-0.1, -0.05) is 29.8 Å². The van der Waals surface area contributed by atoms with Gasteiger partial charge in [-0.2, -0.15) is 0 Å². The number of hydrogen-bond donors (Lipinski definition) is 2. The largest absolute Gasteiger partial charge is 0.349 e. The zero-order chi connectivity index (χ0) is 21.4. The van der Waals surface area contributed by atoms with E-state index in [2.05, 4.69) is 15.6 Å². The first-order valence-corrected chi connectivity index (χ1v) is 10.6. The monoisotopic (exact) mass is 443 g/mol. The first-order valence-electron chi connectivity index (χ1n) is 9.42. The molecule has 4 rings (SSSR count). The van der Waals surface area contributed by atoms with Crippen molar-refractivity contribution in [1.82, 2.24) is 10.3 Å². The first-order chi connectivity index (χ1) is 14.3. The zero-order valence-electron chi connectivity index (χ0n) is 16.3. The Morgan fingerprint density at radius 2 is 1.97 bits per heavy atom. The molecule has 1 saturated carbocycles. The number of amides is 2. The molecule has 1 aliphatic rings. The third-order valence-corrected chi connectivity index (χ3v) is 6.32. The van der Waals surface area contributed by atoms with E-state index in [-0.39, 0.29) is 23.4 Å². The molecule has 1 heterocycles. The number of nitrogens with zero attached hydrogens (tertiary/aromatic N) is 1. The van der Waals surface area contributed by atoms with Gasteiger partial charge < -0.3 is 10.6 Å². The maximum Gasteiger partial charge on any atom is 0.267 e. The van der Waals surface area contributed by atoms with Crippen molar-refractivity contribution < 1.29 is 14.0 Å². The minimum atomic E-state index is -0.633. The molecule has 2 N–H and O–H groups in total. The Balaban J connectivity index is 1.49. The number of hydrogen-bond acceptors (Lipinski definition) is 4. The van der Waals surface area contributed by atoms with Crippen LogP contribution >= 0.6 is 22.9 Å². The Labute approximate surface area is 182 Å². The van der Waals surface area contributed by atoms with Gasteiger partial charge in [0.15, 0.2) is 0 Å². The summed E-state index contributed by atoms with van der Waals surface area (Å²) in [6.45, 7) is 3.48. The summed E-state index contributed by atoms with van der Waals surface area (Å²) in [5.74, 6) is -1.38. The van der Waals surface area contributed by atoms with Gasteiger partial charge in [0.05, 0.1) is 16.8 Å². The van der Waals surface area contributed by atoms with Crippen LogP contribution in [0.2, 0.25) is 5.02 Å².